The minimum absolute atomic E-state index is 0.333. The third kappa shape index (κ3) is 3.68. The van der Waals surface area contributed by atoms with Crippen molar-refractivity contribution < 1.29 is 4.74 Å². The maximum atomic E-state index is 5.51. The number of hydrogen-bond acceptors (Lipinski definition) is 4. The van der Waals surface area contributed by atoms with Crippen LogP contribution in [0.1, 0.15) is 26.7 Å². The molecule has 0 bridgehead atoms. The highest BCUT2D eigenvalue weighted by Gasteiger charge is 2.02. The van der Waals surface area contributed by atoms with Gasteiger partial charge in [0.05, 0.1) is 6.10 Å². The Morgan fingerprint density at radius 1 is 1.33 bits per heavy atom. The van der Waals surface area contributed by atoms with Gasteiger partial charge >= 0.3 is 0 Å². The minimum atomic E-state index is 0.333. The lowest BCUT2D eigenvalue weighted by Crippen LogP contribution is -2.07. The number of nitrogens with one attached hydrogen (secondary N) is 1. The van der Waals surface area contributed by atoms with Crippen LogP contribution in [0.15, 0.2) is 23.7 Å². The average Bonchev–Trinajstić information content (AvgIpc) is 2.82. The molecule has 4 heteroatoms. The Morgan fingerprint density at radius 3 is 3.06 bits per heavy atom. The Kier molecular flexibility index (Phi) is 4.96. The Bertz CT molecular complexity index is 481. The van der Waals surface area contributed by atoms with Crippen LogP contribution in [0.2, 0.25) is 0 Å². The third-order valence-electron chi connectivity index (χ3n) is 2.69. The summed E-state index contributed by atoms with van der Waals surface area (Å²) in [5.41, 5.74) is 0. The van der Waals surface area contributed by atoms with Crippen molar-refractivity contribution in [1.29, 1.82) is 0 Å². The monoisotopic (exact) mass is 264 g/mol. The number of pyridine rings is 1. The van der Waals surface area contributed by atoms with Gasteiger partial charge in [-0.2, -0.15) is 0 Å². The van der Waals surface area contributed by atoms with Crippen LogP contribution in [-0.4, -0.2) is 24.2 Å². The van der Waals surface area contributed by atoms with Crippen LogP contribution in [0.5, 0.6) is 0 Å². The molecular weight excluding hydrogens is 244 g/mol. The number of aromatic nitrogens is 1. The Labute approximate surface area is 112 Å². The fraction of sp³-hybridized carbons (Fsp3) is 0.500. The van der Waals surface area contributed by atoms with E-state index in [4.69, 9.17) is 4.74 Å². The second-order valence-electron chi connectivity index (χ2n) is 4.55. The molecule has 2 aromatic heterocycles. The molecule has 0 saturated carbocycles. The molecule has 0 amide bonds. The van der Waals surface area contributed by atoms with Crippen LogP contribution in [0.25, 0.3) is 10.1 Å². The molecule has 0 aliphatic carbocycles. The van der Waals surface area contributed by atoms with E-state index < -0.39 is 0 Å². The molecule has 0 unspecified atom stereocenters. The molecule has 2 rings (SSSR count). The molecule has 0 aromatic carbocycles. The van der Waals surface area contributed by atoms with E-state index in [1.165, 1.54) is 10.1 Å². The van der Waals surface area contributed by atoms with Crippen LogP contribution in [0.4, 0.5) is 5.82 Å². The molecular formula is C14H20N2OS. The zero-order valence-corrected chi connectivity index (χ0v) is 11.8. The predicted octanol–water partition coefficient (Wildman–Crippen LogP) is 3.91. The lowest BCUT2D eigenvalue weighted by molar-refractivity contribution is 0.0765. The van der Waals surface area contributed by atoms with Gasteiger partial charge in [0.15, 0.2) is 0 Å². The number of nitrogens with zero attached hydrogens (tertiary/aromatic N) is 1. The van der Waals surface area contributed by atoms with Crippen molar-refractivity contribution in [3.63, 3.8) is 0 Å². The lowest BCUT2D eigenvalue weighted by atomic mass is 10.3. The molecule has 18 heavy (non-hydrogen) atoms. The second kappa shape index (κ2) is 6.71. The van der Waals surface area contributed by atoms with Crippen LogP contribution in [0, 0.1) is 0 Å². The molecule has 0 aliphatic rings. The van der Waals surface area contributed by atoms with Crippen molar-refractivity contribution in [2.45, 2.75) is 32.8 Å². The van der Waals surface area contributed by atoms with E-state index in [1.54, 1.807) is 11.3 Å². The highest BCUT2D eigenvalue weighted by Crippen LogP contribution is 2.25. The SMILES string of the molecule is CC(C)OCCCCNc1nccc2sccc12. The molecule has 2 heterocycles. The van der Waals surface area contributed by atoms with E-state index in [0.717, 1.165) is 31.8 Å². The van der Waals surface area contributed by atoms with Crippen molar-refractivity contribution in [3.8, 4) is 0 Å². The van der Waals surface area contributed by atoms with Gasteiger partial charge in [-0.25, -0.2) is 4.98 Å². The smallest absolute Gasteiger partial charge is 0.134 e. The van der Waals surface area contributed by atoms with E-state index in [-0.39, 0.29) is 0 Å². The average molecular weight is 264 g/mol. The lowest BCUT2D eigenvalue weighted by Gasteiger charge is -2.08. The zero-order chi connectivity index (χ0) is 12.8. The molecule has 0 saturated heterocycles. The van der Waals surface area contributed by atoms with Crippen LogP contribution < -0.4 is 5.32 Å². The summed E-state index contributed by atoms with van der Waals surface area (Å²) in [6.07, 6.45) is 4.39. The van der Waals surface area contributed by atoms with Crippen molar-refractivity contribution >= 4 is 27.2 Å². The standard InChI is InChI=1S/C14H20N2OS/c1-11(2)17-9-4-3-7-15-14-12-6-10-18-13(12)5-8-16-14/h5-6,8,10-11H,3-4,7,9H2,1-2H3,(H,15,16). The topological polar surface area (TPSA) is 34.1 Å². The van der Waals surface area contributed by atoms with E-state index in [9.17, 15) is 0 Å². The first kappa shape index (κ1) is 13.3. The first-order valence-electron chi connectivity index (χ1n) is 6.45. The normalized spacial score (nSPS) is 11.3. The zero-order valence-electron chi connectivity index (χ0n) is 11.0. The molecule has 0 atom stereocenters. The van der Waals surface area contributed by atoms with Crippen LogP contribution in [-0.2, 0) is 4.74 Å². The molecule has 0 radical (unpaired) electrons. The summed E-state index contributed by atoms with van der Waals surface area (Å²) in [5.74, 6) is 0.999. The van der Waals surface area contributed by atoms with Gasteiger partial charge in [0.1, 0.15) is 5.82 Å². The van der Waals surface area contributed by atoms with Crippen LogP contribution >= 0.6 is 11.3 Å². The fourth-order valence-electron chi connectivity index (χ4n) is 1.79. The highest BCUT2D eigenvalue weighted by molar-refractivity contribution is 7.17. The van der Waals surface area contributed by atoms with E-state index in [1.807, 2.05) is 6.20 Å². The molecule has 2 aromatic rings. The Balaban J connectivity index is 1.75. The van der Waals surface area contributed by atoms with E-state index >= 15 is 0 Å². The summed E-state index contributed by atoms with van der Waals surface area (Å²) in [7, 11) is 0. The van der Waals surface area contributed by atoms with Gasteiger partial charge in [-0.05, 0) is 44.2 Å². The van der Waals surface area contributed by atoms with Crippen LogP contribution in [0.3, 0.4) is 0 Å². The number of hydrogen-bond donors (Lipinski definition) is 1. The van der Waals surface area contributed by atoms with Crippen molar-refractivity contribution in [3.05, 3.63) is 23.7 Å². The third-order valence-corrected chi connectivity index (χ3v) is 3.58. The maximum absolute atomic E-state index is 5.51. The number of rotatable bonds is 7. The Morgan fingerprint density at radius 2 is 2.22 bits per heavy atom. The molecule has 3 nitrogen and oxygen atoms in total. The summed E-state index contributed by atoms with van der Waals surface area (Å²) >= 11 is 1.75. The second-order valence-corrected chi connectivity index (χ2v) is 5.49. The number of thiophene rings is 1. The van der Waals surface area contributed by atoms with Gasteiger partial charge in [-0.3, -0.25) is 0 Å². The highest BCUT2D eigenvalue weighted by atomic mass is 32.1. The van der Waals surface area contributed by atoms with Gasteiger partial charge in [0.25, 0.3) is 0 Å². The molecule has 0 aliphatic heterocycles. The van der Waals surface area contributed by atoms with Gasteiger partial charge in [-0.1, -0.05) is 0 Å². The van der Waals surface area contributed by atoms with Gasteiger partial charge in [0, 0.05) is 29.4 Å². The minimum Gasteiger partial charge on any atom is -0.379 e. The number of fused-ring (bicyclic) bond motifs is 1. The first-order chi connectivity index (χ1) is 8.77. The summed E-state index contributed by atoms with van der Waals surface area (Å²) in [5, 5.41) is 6.73. The first-order valence-corrected chi connectivity index (χ1v) is 7.33. The fourth-order valence-corrected chi connectivity index (χ4v) is 2.57. The van der Waals surface area contributed by atoms with Gasteiger partial charge in [-0.15, -0.1) is 11.3 Å². The number of unbranched alkanes of at least 4 members (excludes halogenated alkanes) is 1. The van der Waals surface area contributed by atoms with E-state index in [2.05, 4.69) is 41.7 Å². The van der Waals surface area contributed by atoms with Crippen molar-refractivity contribution in [2.75, 3.05) is 18.5 Å². The summed E-state index contributed by atoms with van der Waals surface area (Å²) in [6, 6.07) is 4.18. The van der Waals surface area contributed by atoms with Crippen molar-refractivity contribution in [2.24, 2.45) is 0 Å². The largest absolute Gasteiger partial charge is 0.379 e. The molecule has 0 spiro atoms. The molecule has 0 fully saturated rings. The summed E-state index contributed by atoms with van der Waals surface area (Å²) in [6.45, 7) is 5.93. The Hall–Kier alpha value is -1.13. The number of anilines is 1. The van der Waals surface area contributed by atoms with Crippen molar-refractivity contribution in [1.82, 2.24) is 4.98 Å². The quantitative estimate of drug-likeness (QED) is 0.770. The van der Waals surface area contributed by atoms with Gasteiger partial charge < -0.3 is 10.1 Å². The maximum Gasteiger partial charge on any atom is 0.134 e. The van der Waals surface area contributed by atoms with Gasteiger partial charge in [0.2, 0.25) is 0 Å². The molecule has 98 valence electrons. The predicted molar refractivity (Wildman–Crippen MR) is 78.4 cm³/mol. The van der Waals surface area contributed by atoms with E-state index in [0.29, 0.717) is 6.10 Å². The summed E-state index contributed by atoms with van der Waals surface area (Å²) in [4.78, 5) is 4.39. The summed E-state index contributed by atoms with van der Waals surface area (Å²) < 4.78 is 6.80. The number of ether oxygens (including phenoxy) is 1. The molecule has 1 N–H and O–H groups in total.